The van der Waals surface area contributed by atoms with Crippen molar-refractivity contribution in [3.63, 3.8) is 0 Å². The van der Waals surface area contributed by atoms with Crippen LogP contribution in [0.25, 0.3) is 0 Å². The highest BCUT2D eigenvalue weighted by Crippen LogP contribution is 2.26. The first-order valence-corrected chi connectivity index (χ1v) is 15.6. The molecule has 39 heavy (non-hydrogen) atoms. The maximum atomic E-state index is 13.9. The average molecular weight is 568 g/mol. The lowest BCUT2D eigenvalue weighted by Gasteiger charge is -2.32. The molecule has 0 saturated carbocycles. The maximum Gasteiger partial charge on any atom is 0.264 e. The summed E-state index contributed by atoms with van der Waals surface area (Å²) in [4.78, 5) is 29.3. The van der Waals surface area contributed by atoms with Gasteiger partial charge in [0.05, 0.1) is 10.6 Å². The molecule has 0 radical (unpaired) electrons. The Morgan fingerprint density at radius 3 is 2.08 bits per heavy atom. The number of thioether (sulfide) groups is 1. The van der Waals surface area contributed by atoms with Crippen molar-refractivity contribution in [2.75, 3.05) is 23.7 Å². The third-order valence-electron chi connectivity index (χ3n) is 6.33. The van der Waals surface area contributed by atoms with Crippen LogP contribution in [0.5, 0.6) is 0 Å². The molecule has 208 valence electrons. The van der Waals surface area contributed by atoms with Gasteiger partial charge in [-0.05, 0) is 82.3 Å². The van der Waals surface area contributed by atoms with E-state index in [0.29, 0.717) is 12.1 Å². The summed E-state index contributed by atoms with van der Waals surface area (Å²) in [5.74, 6) is -0.744. The Hall–Kier alpha value is -3.30. The Bertz CT molecular complexity index is 1340. The molecule has 0 aliphatic carbocycles. The van der Waals surface area contributed by atoms with Crippen molar-refractivity contribution in [1.82, 2.24) is 10.2 Å². The molecule has 1 N–H and O–H groups in total. The van der Waals surface area contributed by atoms with Gasteiger partial charge in [-0.15, -0.1) is 11.8 Å². The number of rotatable bonds is 12. The van der Waals surface area contributed by atoms with E-state index in [1.807, 2.05) is 69.5 Å². The number of nitrogens with one attached hydrogen (secondary N) is 1. The normalized spacial score (nSPS) is 12.2. The summed E-state index contributed by atoms with van der Waals surface area (Å²) in [5, 5.41) is 2.87. The fourth-order valence-electron chi connectivity index (χ4n) is 4.09. The largest absolute Gasteiger partial charge is 0.352 e. The van der Waals surface area contributed by atoms with Crippen LogP contribution in [0.15, 0.2) is 88.7 Å². The molecule has 2 amide bonds. The molecule has 0 unspecified atom stereocenters. The third kappa shape index (κ3) is 8.10. The molecular weight excluding hydrogens is 530 g/mol. The molecule has 0 bridgehead atoms. The highest BCUT2D eigenvalue weighted by Gasteiger charge is 2.32. The number of hydrogen-bond acceptors (Lipinski definition) is 5. The Balaban J connectivity index is 1.97. The quantitative estimate of drug-likeness (QED) is 0.315. The first-order chi connectivity index (χ1) is 18.5. The van der Waals surface area contributed by atoms with Crippen LogP contribution in [-0.4, -0.2) is 56.6 Å². The Morgan fingerprint density at radius 1 is 0.897 bits per heavy atom. The first-order valence-electron chi connectivity index (χ1n) is 12.9. The van der Waals surface area contributed by atoms with E-state index < -0.39 is 28.5 Å². The first kappa shape index (κ1) is 30.2. The predicted octanol–water partition coefficient (Wildman–Crippen LogP) is 4.90. The molecule has 0 aromatic heterocycles. The summed E-state index contributed by atoms with van der Waals surface area (Å²) in [5.41, 5.74) is 2.36. The molecule has 0 fully saturated rings. The van der Waals surface area contributed by atoms with Crippen molar-refractivity contribution >= 4 is 39.3 Å². The molecule has 7 nitrogen and oxygen atoms in total. The minimum Gasteiger partial charge on any atom is -0.352 e. The van der Waals surface area contributed by atoms with Crippen LogP contribution in [-0.2, 0) is 26.0 Å². The van der Waals surface area contributed by atoms with E-state index in [4.69, 9.17) is 0 Å². The number of sulfonamides is 1. The molecule has 0 aliphatic rings. The smallest absolute Gasteiger partial charge is 0.264 e. The van der Waals surface area contributed by atoms with E-state index in [1.54, 1.807) is 43.3 Å². The van der Waals surface area contributed by atoms with Gasteiger partial charge in [0.25, 0.3) is 10.0 Å². The lowest BCUT2D eigenvalue weighted by molar-refractivity contribution is -0.139. The topological polar surface area (TPSA) is 86.8 Å². The van der Waals surface area contributed by atoms with Gasteiger partial charge in [0, 0.05) is 17.5 Å². The van der Waals surface area contributed by atoms with Crippen molar-refractivity contribution in [1.29, 1.82) is 0 Å². The molecule has 0 saturated heterocycles. The summed E-state index contributed by atoms with van der Waals surface area (Å²) >= 11 is 1.52. The van der Waals surface area contributed by atoms with Crippen molar-refractivity contribution in [2.45, 2.75) is 56.0 Å². The van der Waals surface area contributed by atoms with Crippen molar-refractivity contribution in [2.24, 2.45) is 0 Å². The molecule has 3 aromatic carbocycles. The van der Waals surface area contributed by atoms with Crippen LogP contribution >= 0.6 is 11.8 Å². The van der Waals surface area contributed by atoms with E-state index in [2.05, 4.69) is 5.32 Å². The summed E-state index contributed by atoms with van der Waals surface area (Å²) in [6, 6.07) is 22.4. The van der Waals surface area contributed by atoms with Crippen LogP contribution in [0, 0.1) is 6.92 Å². The fourth-order valence-corrected chi connectivity index (χ4v) is 5.91. The van der Waals surface area contributed by atoms with Gasteiger partial charge in [0.15, 0.2) is 0 Å². The second kappa shape index (κ2) is 13.7. The molecule has 1 atom stereocenters. The van der Waals surface area contributed by atoms with E-state index in [1.165, 1.54) is 16.7 Å². The highest BCUT2D eigenvalue weighted by molar-refractivity contribution is 7.98. The summed E-state index contributed by atoms with van der Waals surface area (Å²) in [7, 11) is -4.08. The van der Waals surface area contributed by atoms with E-state index in [9.17, 15) is 18.0 Å². The van der Waals surface area contributed by atoms with Gasteiger partial charge in [0.1, 0.15) is 12.6 Å². The summed E-state index contributed by atoms with van der Waals surface area (Å²) in [6.07, 6.45) is 2.45. The van der Waals surface area contributed by atoms with Crippen LogP contribution in [0.2, 0.25) is 0 Å². The van der Waals surface area contributed by atoms with Gasteiger partial charge in [-0.3, -0.25) is 13.9 Å². The van der Waals surface area contributed by atoms with Gasteiger partial charge < -0.3 is 10.2 Å². The van der Waals surface area contributed by atoms with Crippen LogP contribution < -0.4 is 9.62 Å². The van der Waals surface area contributed by atoms with Gasteiger partial charge in [-0.25, -0.2) is 8.42 Å². The molecule has 0 aliphatic heterocycles. The maximum absolute atomic E-state index is 13.9. The molecule has 9 heteroatoms. The average Bonchev–Trinajstić information content (AvgIpc) is 2.92. The number of aryl methyl sites for hydroxylation is 1. The fraction of sp³-hybridized carbons (Fsp3) is 0.333. The van der Waals surface area contributed by atoms with Crippen LogP contribution in [0.3, 0.4) is 0 Å². The highest BCUT2D eigenvalue weighted by atomic mass is 32.2. The lowest BCUT2D eigenvalue weighted by atomic mass is 10.1. The zero-order chi connectivity index (χ0) is 28.6. The zero-order valence-corrected chi connectivity index (χ0v) is 24.8. The Morgan fingerprint density at radius 2 is 1.51 bits per heavy atom. The molecular formula is C30H37N3O4S2. The Kier molecular flexibility index (Phi) is 10.6. The summed E-state index contributed by atoms with van der Waals surface area (Å²) in [6.45, 7) is 7.12. The van der Waals surface area contributed by atoms with E-state index >= 15 is 0 Å². The van der Waals surface area contributed by atoms with Crippen molar-refractivity contribution in [3.8, 4) is 0 Å². The number of benzene rings is 3. The summed E-state index contributed by atoms with van der Waals surface area (Å²) < 4.78 is 28.9. The van der Waals surface area contributed by atoms with Gasteiger partial charge in [-0.1, -0.05) is 48.0 Å². The standard InChI is InChI=1S/C30H37N3O4S2/c1-22(2)31-30(35)24(4)32(20-19-25-9-7-6-8-10-25)29(34)21-33(26-13-11-23(3)12-14-26)39(36,37)28-17-15-27(38-5)16-18-28/h6-18,22,24H,19-21H2,1-5H3,(H,31,35)/t24-/m1/s1. The number of nitrogens with zero attached hydrogens (tertiary/aromatic N) is 2. The number of anilines is 1. The second-order valence-corrected chi connectivity index (χ2v) is 12.4. The number of carbonyl (C=O) groups excluding carboxylic acids is 2. The van der Waals surface area contributed by atoms with Gasteiger partial charge in [0.2, 0.25) is 11.8 Å². The van der Waals surface area contributed by atoms with Crippen LogP contribution in [0.4, 0.5) is 5.69 Å². The van der Waals surface area contributed by atoms with Crippen LogP contribution in [0.1, 0.15) is 31.9 Å². The van der Waals surface area contributed by atoms with Crippen molar-refractivity contribution < 1.29 is 18.0 Å². The van der Waals surface area contributed by atoms with Gasteiger partial charge >= 0.3 is 0 Å². The molecule has 3 rings (SSSR count). The predicted molar refractivity (Wildman–Crippen MR) is 159 cm³/mol. The van der Waals surface area contributed by atoms with E-state index in [0.717, 1.165) is 20.3 Å². The van der Waals surface area contributed by atoms with E-state index in [-0.39, 0.29) is 23.4 Å². The second-order valence-electron chi connectivity index (χ2n) is 9.68. The number of amides is 2. The zero-order valence-electron chi connectivity index (χ0n) is 23.1. The molecule has 0 spiro atoms. The SMILES string of the molecule is CSc1ccc(S(=O)(=O)N(CC(=O)N(CCc2ccccc2)[C@H](C)C(=O)NC(C)C)c2ccc(C)cc2)cc1. The molecule has 0 heterocycles. The van der Waals surface area contributed by atoms with Gasteiger partial charge in [-0.2, -0.15) is 0 Å². The lowest BCUT2D eigenvalue weighted by Crippen LogP contribution is -2.53. The molecule has 3 aromatic rings. The number of carbonyl (C=O) groups is 2. The van der Waals surface area contributed by atoms with Crippen molar-refractivity contribution in [3.05, 3.63) is 90.0 Å². The minimum atomic E-state index is -4.08. The Labute approximate surface area is 236 Å². The monoisotopic (exact) mass is 567 g/mol. The number of hydrogen-bond donors (Lipinski definition) is 1. The third-order valence-corrected chi connectivity index (χ3v) is 8.86. The minimum absolute atomic E-state index is 0.0927.